The van der Waals surface area contributed by atoms with Gasteiger partial charge in [-0.05, 0) is 36.8 Å². The zero-order chi connectivity index (χ0) is 17.2. The van der Waals surface area contributed by atoms with E-state index in [9.17, 15) is 4.79 Å². The van der Waals surface area contributed by atoms with Crippen molar-refractivity contribution in [3.63, 3.8) is 0 Å². The molecule has 6 nitrogen and oxygen atoms in total. The number of aromatic nitrogens is 2. The molecule has 1 aromatic heterocycles. The van der Waals surface area contributed by atoms with Gasteiger partial charge in [0.1, 0.15) is 5.75 Å². The Hall–Kier alpha value is -2.37. The van der Waals surface area contributed by atoms with E-state index in [1.54, 1.807) is 7.11 Å². The molecule has 1 aromatic carbocycles. The third kappa shape index (κ3) is 3.13. The van der Waals surface area contributed by atoms with E-state index in [1.807, 2.05) is 23.1 Å². The molecule has 1 saturated heterocycles. The minimum absolute atomic E-state index is 0.0313. The number of likely N-dealkylation sites (tertiary alicyclic amines) is 1. The standard InChI is InChI=1S/C19H23N3O3/c1-24-17-9-5-4-7-13(17)14-11-15(14)19(23)22-10-6-2-3-8-16(22)18-20-12-25-21-18/h4-5,7,9,12,14-16H,2-3,6,8,10-11H2,1H3/t14-,15+,16-/m0/s1. The predicted octanol–water partition coefficient (Wildman–Crippen LogP) is 3.33. The summed E-state index contributed by atoms with van der Waals surface area (Å²) >= 11 is 0. The second-order valence-electron chi connectivity index (χ2n) is 6.88. The number of hydrogen-bond acceptors (Lipinski definition) is 5. The van der Waals surface area contributed by atoms with Gasteiger partial charge in [0.2, 0.25) is 12.3 Å². The van der Waals surface area contributed by atoms with Crippen molar-refractivity contribution >= 4 is 5.91 Å². The van der Waals surface area contributed by atoms with Crippen LogP contribution in [-0.2, 0) is 4.79 Å². The van der Waals surface area contributed by atoms with Gasteiger partial charge in [-0.3, -0.25) is 4.79 Å². The van der Waals surface area contributed by atoms with Crippen molar-refractivity contribution in [3.8, 4) is 5.75 Å². The quantitative estimate of drug-likeness (QED) is 0.853. The molecule has 25 heavy (non-hydrogen) atoms. The molecule has 0 N–H and O–H groups in total. The van der Waals surface area contributed by atoms with Gasteiger partial charge < -0.3 is 14.2 Å². The van der Waals surface area contributed by atoms with Crippen molar-refractivity contribution in [1.29, 1.82) is 0 Å². The van der Waals surface area contributed by atoms with Gasteiger partial charge in [-0.15, -0.1) is 0 Å². The Morgan fingerprint density at radius 2 is 2.16 bits per heavy atom. The predicted molar refractivity (Wildman–Crippen MR) is 91.1 cm³/mol. The lowest BCUT2D eigenvalue weighted by Crippen LogP contribution is -2.36. The van der Waals surface area contributed by atoms with Crippen LogP contribution in [0.4, 0.5) is 0 Å². The average molecular weight is 341 g/mol. The number of methoxy groups -OCH3 is 1. The fourth-order valence-electron chi connectivity index (χ4n) is 3.96. The van der Waals surface area contributed by atoms with Crippen LogP contribution in [0.3, 0.4) is 0 Å². The first kappa shape index (κ1) is 16.1. The summed E-state index contributed by atoms with van der Waals surface area (Å²) in [5.74, 6) is 1.99. The van der Waals surface area contributed by atoms with Gasteiger partial charge >= 0.3 is 0 Å². The summed E-state index contributed by atoms with van der Waals surface area (Å²) in [6.45, 7) is 0.771. The van der Waals surface area contributed by atoms with E-state index in [0.29, 0.717) is 5.82 Å². The Bertz CT molecular complexity index is 731. The van der Waals surface area contributed by atoms with Crippen LogP contribution in [0.25, 0.3) is 0 Å². The summed E-state index contributed by atoms with van der Waals surface area (Å²) in [5, 5.41) is 4.00. The van der Waals surface area contributed by atoms with Crippen LogP contribution in [0.15, 0.2) is 35.2 Å². The van der Waals surface area contributed by atoms with E-state index in [-0.39, 0.29) is 23.8 Å². The van der Waals surface area contributed by atoms with Crippen molar-refractivity contribution in [3.05, 3.63) is 42.0 Å². The first-order valence-electron chi connectivity index (χ1n) is 8.99. The number of carbonyl (C=O) groups is 1. The number of para-hydroxylation sites is 1. The smallest absolute Gasteiger partial charge is 0.226 e. The van der Waals surface area contributed by atoms with Crippen molar-refractivity contribution < 1.29 is 14.1 Å². The summed E-state index contributed by atoms with van der Waals surface area (Å²) in [6.07, 6.45) is 6.39. The second-order valence-corrected chi connectivity index (χ2v) is 6.88. The summed E-state index contributed by atoms with van der Waals surface area (Å²) < 4.78 is 10.4. The van der Waals surface area contributed by atoms with Crippen LogP contribution in [0, 0.1) is 5.92 Å². The Morgan fingerprint density at radius 1 is 1.28 bits per heavy atom. The zero-order valence-electron chi connectivity index (χ0n) is 14.4. The van der Waals surface area contributed by atoms with Crippen molar-refractivity contribution in [2.24, 2.45) is 5.92 Å². The molecule has 6 heteroatoms. The molecule has 2 aromatic rings. The zero-order valence-corrected chi connectivity index (χ0v) is 14.4. The minimum Gasteiger partial charge on any atom is -0.496 e. The molecule has 132 valence electrons. The van der Waals surface area contributed by atoms with Crippen LogP contribution in [-0.4, -0.2) is 34.6 Å². The molecule has 1 aliphatic carbocycles. The van der Waals surface area contributed by atoms with Crippen LogP contribution < -0.4 is 4.74 Å². The fourth-order valence-corrected chi connectivity index (χ4v) is 3.96. The molecule has 0 radical (unpaired) electrons. The number of nitrogens with zero attached hydrogens (tertiary/aromatic N) is 3. The SMILES string of the molecule is COc1ccccc1[C@@H]1C[C@H]1C(=O)N1CCCCC[C@H]1c1ncon1. The van der Waals surface area contributed by atoms with Crippen molar-refractivity contribution in [2.45, 2.75) is 44.1 Å². The molecular weight excluding hydrogens is 318 g/mol. The van der Waals surface area contributed by atoms with Crippen molar-refractivity contribution in [2.75, 3.05) is 13.7 Å². The topological polar surface area (TPSA) is 68.5 Å². The summed E-state index contributed by atoms with van der Waals surface area (Å²) in [5.41, 5.74) is 1.13. The summed E-state index contributed by atoms with van der Waals surface area (Å²) in [6, 6.07) is 7.93. The number of rotatable bonds is 4. The number of ether oxygens (including phenoxy) is 1. The van der Waals surface area contributed by atoms with Gasteiger partial charge in [0.25, 0.3) is 0 Å². The Morgan fingerprint density at radius 3 is 2.96 bits per heavy atom. The maximum atomic E-state index is 13.2. The average Bonchev–Trinajstić information content (AvgIpc) is 3.34. The van der Waals surface area contributed by atoms with Crippen LogP contribution in [0.5, 0.6) is 5.75 Å². The fraction of sp³-hybridized carbons (Fsp3) is 0.526. The molecule has 2 heterocycles. The second kappa shape index (κ2) is 6.86. The molecule has 2 fully saturated rings. The van der Waals surface area contributed by atoms with Crippen LogP contribution in [0.1, 0.15) is 55.5 Å². The number of carbonyl (C=O) groups excluding carboxylic acids is 1. The number of amides is 1. The molecule has 4 rings (SSSR count). The van der Waals surface area contributed by atoms with Gasteiger partial charge in [-0.2, -0.15) is 4.98 Å². The highest BCUT2D eigenvalue weighted by atomic mass is 16.5. The van der Waals surface area contributed by atoms with Crippen LogP contribution in [0.2, 0.25) is 0 Å². The third-order valence-corrected chi connectivity index (χ3v) is 5.36. The number of benzene rings is 1. The Labute approximate surface area is 147 Å². The Kier molecular flexibility index (Phi) is 4.42. The third-order valence-electron chi connectivity index (χ3n) is 5.36. The summed E-state index contributed by atoms with van der Waals surface area (Å²) in [7, 11) is 1.68. The van der Waals surface area contributed by atoms with E-state index in [4.69, 9.17) is 9.26 Å². The first-order valence-corrected chi connectivity index (χ1v) is 8.99. The maximum Gasteiger partial charge on any atom is 0.226 e. The molecule has 3 atom stereocenters. The molecular formula is C19H23N3O3. The minimum atomic E-state index is -0.0623. The van der Waals surface area contributed by atoms with Gasteiger partial charge in [0.15, 0.2) is 5.82 Å². The molecule has 0 bridgehead atoms. The molecule has 1 aliphatic heterocycles. The molecule has 2 aliphatic rings. The van der Waals surface area contributed by atoms with Crippen LogP contribution >= 0.6 is 0 Å². The van der Waals surface area contributed by atoms with Gasteiger partial charge in [-0.25, -0.2) is 0 Å². The van der Waals surface area contributed by atoms with E-state index < -0.39 is 0 Å². The Balaban J connectivity index is 1.53. The highest BCUT2D eigenvalue weighted by Gasteiger charge is 2.48. The van der Waals surface area contributed by atoms with E-state index >= 15 is 0 Å². The normalized spacial score (nSPS) is 26.1. The lowest BCUT2D eigenvalue weighted by atomic mass is 10.1. The van der Waals surface area contributed by atoms with E-state index in [2.05, 4.69) is 16.2 Å². The highest BCUT2D eigenvalue weighted by Crippen LogP contribution is 2.52. The van der Waals surface area contributed by atoms with E-state index in [0.717, 1.165) is 50.0 Å². The molecule has 0 spiro atoms. The number of hydrogen-bond donors (Lipinski definition) is 0. The highest BCUT2D eigenvalue weighted by molar-refractivity contribution is 5.83. The van der Waals surface area contributed by atoms with Gasteiger partial charge in [0.05, 0.1) is 13.2 Å². The first-order chi connectivity index (χ1) is 12.3. The lowest BCUT2D eigenvalue weighted by Gasteiger charge is -2.28. The van der Waals surface area contributed by atoms with Gasteiger partial charge in [-0.1, -0.05) is 36.2 Å². The van der Waals surface area contributed by atoms with E-state index in [1.165, 1.54) is 6.39 Å². The maximum absolute atomic E-state index is 13.2. The monoisotopic (exact) mass is 341 g/mol. The largest absolute Gasteiger partial charge is 0.496 e. The van der Waals surface area contributed by atoms with Crippen molar-refractivity contribution in [1.82, 2.24) is 15.0 Å². The molecule has 1 saturated carbocycles. The van der Waals surface area contributed by atoms with Gasteiger partial charge in [0, 0.05) is 12.5 Å². The lowest BCUT2D eigenvalue weighted by molar-refractivity contribution is -0.135. The summed E-state index contributed by atoms with van der Waals surface area (Å²) in [4.78, 5) is 19.4. The molecule has 1 amide bonds. The molecule has 0 unspecified atom stereocenters.